The molecule has 112 valence electrons. The van der Waals surface area contributed by atoms with E-state index in [1.165, 1.54) is 19.5 Å². The summed E-state index contributed by atoms with van der Waals surface area (Å²) in [5.41, 5.74) is 2.29. The van der Waals surface area contributed by atoms with Crippen LogP contribution in [0, 0.1) is 5.92 Å². The third-order valence-electron chi connectivity index (χ3n) is 3.67. The predicted molar refractivity (Wildman–Crippen MR) is 74.8 cm³/mol. The summed E-state index contributed by atoms with van der Waals surface area (Å²) >= 11 is 0. The highest BCUT2D eigenvalue weighted by molar-refractivity contribution is 5.91. The van der Waals surface area contributed by atoms with Gasteiger partial charge in [0.05, 0.1) is 12.7 Å². The Bertz CT molecular complexity index is 447. The second-order valence-corrected chi connectivity index (χ2v) is 5.52. The Morgan fingerprint density at radius 1 is 1.65 bits per heavy atom. The van der Waals surface area contributed by atoms with Gasteiger partial charge in [0.15, 0.2) is 5.69 Å². The van der Waals surface area contributed by atoms with E-state index >= 15 is 0 Å². The third kappa shape index (κ3) is 3.99. The standard InChI is InChI=1S/C12H23N7O/c1-17-4-3-10(7-17)8-18(2)5-6-19-9-11(15-16-19)12(20)14-13/h9-10H,3-8,13H2,1-2H3,(H,14,20). The van der Waals surface area contributed by atoms with E-state index in [-0.39, 0.29) is 5.69 Å². The Balaban J connectivity index is 1.74. The van der Waals surface area contributed by atoms with Crippen molar-refractivity contribution in [2.24, 2.45) is 11.8 Å². The molecule has 2 heterocycles. The number of likely N-dealkylation sites (N-methyl/N-ethyl adjacent to an activating group) is 1. The zero-order chi connectivity index (χ0) is 14.5. The van der Waals surface area contributed by atoms with Crippen LogP contribution in [0.5, 0.6) is 0 Å². The molecule has 8 heteroatoms. The molecule has 2 rings (SSSR count). The van der Waals surface area contributed by atoms with Gasteiger partial charge in [-0.25, -0.2) is 5.84 Å². The minimum absolute atomic E-state index is 0.243. The van der Waals surface area contributed by atoms with Gasteiger partial charge in [0.2, 0.25) is 0 Å². The lowest BCUT2D eigenvalue weighted by atomic mass is 10.1. The number of hydrogen-bond donors (Lipinski definition) is 2. The molecule has 1 amide bonds. The number of carbonyl (C=O) groups is 1. The maximum absolute atomic E-state index is 11.3. The summed E-state index contributed by atoms with van der Waals surface area (Å²) in [6.07, 6.45) is 2.88. The molecule has 1 fully saturated rings. The van der Waals surface area contributed by atoms with Crippen LogP contribution in [-0.4, -0.2) is 71.0 Å². The molecule has 0 spiro atoms. The summed E-state index contributed by atoms with van der Waals surface area (Å²) in [5, 5.41) is 7.69. The molecule has 1 aliphatic heterocycles. The van der Waals surface area contributed by atoms with Gasteiger partial charge >= 0.3 is 0 Å². The Morgan fingerprint density at radius 3 is 3.10 bits per heavy atom. The summed E-state index contributed by atoms with van der Waals surface area (Å²) in [5.74, 6) is 5.38. The second-order valence-electron chi connectivity index (χ2n) is 5.52. The van der Waals surface area contributed by atoms with Crippen molar-refractivity contribution in [3.05, 3.63) is 11.9 Å². The first-order chi connectivity index (χ1) is 9.58. The summed E-state index contributed by atoms with van der Waals surface area (Å²) in [4.78, 5) is 15.9. The summed E-state index contributed by atoms with van der Waals surface area (Å²) in [6.45, 7) is 5.06. The van der Waals surface area contributed by atoms with E-state index in [1.807, 2.05) is 5.43 Å². The van der Waals surface area contributed by atoms with Gasteiger partial charge in [-0.15, -0.1) is 5.10 Å². The number of nitrogens with two attached hydrogens (primary N) is 1. The van der Waals surface area contributed by atoms with Crippen molar-refractivity contribution in [1.82, 2.24) is 30.2 Å². The average molecular weight is 281 g/mol. The van der Waals surface area contributed by atoms with Gasteiger partial charge in [0.25, 0.3) is 5.91 Å². The highest BCUT2D eigenvalue weighted by atomic mass is 16.2. The fourth-order valence-electron chi connectivity index (χ4n) is 2.57. The van der Waals surface area contributed by atoms with Crippen LogP contribution in [0.3, 0.4) is 0 Å². The molecular weight excluding hydrogens is 258 g/mol. The third-order valence-corrected chi connectivity index (χ3v) is 3.67. The van der Waals surface area contributed by atoms with Crippen LogP contribution in [-0.2, 0) is 6.54 Å². The molecule has 20 heavy (non-hydrogen) atoms. The van der Waals surface area contributed by atoms with E-state index in [1.54, 1.807) is 10.9 Å². The molecule has 8 nitrogen and oxygen atoms in total. The number of aromatic nitrogens is 3. The molecule has 1 saturated heterocycles. The Labute approximate surface area is 118 Å². The normalized spacial score (nSPS) is 19.7. The number of likely N-dealkylation sites (tertiary alicyclic amines) is 1. The van der Waals surface area contributed by atoms with Crippen LogP contribution in [0.4, 0.5) is 0 Å². The van der Waals surface area contributed by atoms with E-state index in [0.29, 0.717) is 6.54 Å². The zero-order valence-corrected chi connectivity index (χ0v) is 12.1. The molecule has 0 aromatic carbocycles. The van der Waals surface area contributed by atoms with Crippen LogP contribution in [0.1, 0.15) is 16.9 Å². The summed E-state index contributed by atoms with van der Waals surface area (Å²) in [7, 11) is 4.28. The second kappa shape index (κ2) is 6.78. The van der Waals surface area contributed by atoms with Gasteiger partial charge in [0.1, 0.15) is 0 Å². The van der Waals surface area contributed by atoms with Crippen molar-refractivity contribution in [2.45, 2.75) is 13.0 Å². The van der Waals surface area contributed by atoms with E-state index in [2.05, 4.69) is 34.2 Å². The predicted octanol–water partition coefficient (Wildman–Crippen LogP) is -1.23. The highest BCUT2D eigenvalue weighted by Crippen LogP contribution is 2.14. The van der Waals surface area contributed by atoms with Gasteiger partial charge in [-0.1, -0.05) is 5.21 Å². The highest BCUT2D eigenvalue weighted by Gasteiger charge is 2.20. The number of hydrazine groups is 1. The van der Waals surface area contributed by atoms with Crippen molar-refractivity contribution >= 4 is 5.91 Å². The monoisotopic (exact) mass is 281 g/mol. The Hall–Kier alpha value is -1.51. The molecule has 1 unspecified atom stereocenters. The molecular formula is C12H23N7O. The van der Waals surface area contributed by atoms with Gasteiger partial charge < -0.3 is 9.80 Å². The maximum Gasteiger partial charge on any atom is 0.287 e. The molecule has 0 radical (unpaired) electrons. The minimum Gasteiger partial charge on any atom is -0.306 e. The number of nitrogens with one attached hydrogen (secondary N) is 1. The maximum atomic E-state index is 11.3. The van der Waals surface area contributed by atoms with E-state index in [0.717, 1.165) is 19.0 Å². The molecule has 1 aromatic heterocycles. The Morgan fingerprint density at radius 2 is 2.45 bits per heavy atom. The lowest BCUT2D eigenvalue weighted by Crippen LogP contribution is -2.30. The topological polar surface area (TPSA) is 92.3 Å². The molecule has 0 saturated carbocycles. The van der Waals surface area contributed by atoms with Crippen LogP contribution in [0.15, 0.2) is 6.20 Å². The number of amides is 1. The lowest BCUT2D eigenvalue weighted by molar-refractivity contribution is 0.0948. The molecule has 0 aliphatic carbocycles. The minimum atomic E-state index is -0.418. The quantitative estimate of drug-likeness (QED) is 0.385. The first kappa shape index (κ1) is 14.9. The van der Waals surface area contributed by atoms with Crippen LogP contribution in [0.25, 0.3) is 0 Å². The molecule has 1 aliphatic rings. The molecule has 1 aromatic rings. The van der Waals surface area contributed by atoms with Gasteiger partial charge in [-0.2, -0.15) is 0 Å². The molecule has 0 bridgehead atoms. The van der Waals surface area contributed by atoms with Crippen LogP contribution in [0.2, 0.25) is 0 Å². The molecule has 3 N–H and O–H groups in total. The Kier molecular flexibility index (Phi) is 5.05. The fraction of sp³-hybridized carbons (Fsp3) is 0.750. The van der Waals surface area contributed by atoms with Crippen LogP contribution < -0.4 is 11.3 Å². The number of nitrogen functional groups attached to an aromatic ring is 1. The van der Waals surface area contributed by atoms with Gasteiger partial charge in [-0.3, -0.25) is 14.9 Å². The smallest absolute Gasteiger partial charge is 0.287 e. The average Bonchev–Trinajstić information content (AvgIpc) is 3.05. The summed E-state index contributed by atoms with van der Waals surface area (Å²) in [6, 6.07) is 0. The van der Waals surface area contributed by atoms with E-state index in [9.17, 15) is 4.79 Å². The van der Waals surface area contributed by atoms with Crippen LogP contribution >= 0.6 is 0 Å². The number of nitrogens with zero attached hydrogens (tertiary/aromatic N) is 5. The zero-order valence-electron chi connectivity index (χ0n) is 12.1. The fourth-order valence-corrected chi connectivity index (χ4v) is 2.57. The summed E-state index contributed by atoms with van der Waals surface area (Å²) < 4.78 is 1.67. The first-order valence-electron chi connectivity index (χ1n) is 6.86. The number of rotatable bonds is 6. The SMILES string of the molecule is CN1CCC(CN(C)CCn2cc(C(=O)NN)nn2)C1. The van der Waals surface area contributed by atoms with Crippen molar-refractivity contribution in [1.29, 1.82) is 0 Å². The van der Waals surface area contributed by atoms with Crippen molar-refractivity contribution in [3.63, 3.8) is 0 Å². The van der Waals surface area contributed by atoms with E-state index < -0.39 is 5.91 Å². The van der Waals surface area contributed by atoms with Crippen molar-refractivity contribution in [3.8, 4) is 0 Å². The van der Waals surface area contributed by atoms with Gasteiger partial charge in [-0.05, 0) is 33.0 Å². The number of carbonyl (C=O) groups excluding carboxylic acids is 1. The van der Waals surface area contributed by atoms with E-state index in [4.69, 9.17) is 5.84 Å². The van der Waals surface area contributed by atoms with Gasteiger partial charge in [0, 0.05) is 19.6 Å². The first-order valence-corrected chi connectivity index (χ1v) is 6.86. The van der Waals surface area contributed by atoms with Crippen molar-refractivity contribution < 1.29 is 4.79 Å². The largest absolute Gasteiger partial charge is 0.306 e. The lowest BCUT2D eigenvalue weighted by Gasteiger charge is -2.20. The number of hydrogen-bond acceptors (Lipinski definition) is 6. The van der Waals surface area contributed by atoms with Crippen molar-refractivity contribution in [2.75, 3.05) is 40.3 Å². The molecule has 1 atom stereocenters.